The minimum Gasteiger partial charge on any atom is -0.507 e. The molecule has 2 aliphatic rings. The summed E-state index contributed by atoms with van der Waals surface area (Å²) in [5, 5.41) is 26.0. The Morgan fingerprint density at radius 3 is 2.59 bits per heavy atom. The number of likely N-dealkylation sites (tertiary alicyclic amines) is 1. The van der Waals surface area contributed by atoms with Gasteiger partial charge in [0.2, 0.25) is 5.91 Å². The first-order valence-electron chi connectivity index (χ1n) is 11.3. The van der Waals surface area contributed by atoms with E-state index in [4.69, 9.17) is 0 Å². The molecule has 2 aromatic heterocycles. The number of halogens is 3. The number of amides is 1. The maximum atomic E-state index is 13.1. The summed E-state index contributed by atoms with van der Waals surface area (Å²) in [6.07, 6.45) is -2.88. The fraction of sp³-hybridized carbons (Fsp3) is 0.458. The van der Waals surface area contributed by atoms with Crippen LogP contribution in [0.1, 0.15) is 49.1 Å². The number of pyridine rings is 1. The van der Waals surface area contributed by atoms with E-state index < -0.39 is 23.6 Å². The molecule has 7 nitrogen and oxygen atoms in total. The van der Waals surface area contributed by atoms with Crippen LogP contribution in [0.2, 0.25) is 0 Å². The van der Waals surface area contributed by atoms with E-state index >= 15 is 0 Å². The van der Waals surface area contributed by atoms with Crippen LogP contribution in [0.4, 0.5) is 13.2 Å². The molecule has 2 atom stereocenters. The number of hydrogen-bond donors (Lipinski definition) is 2. The summed E-state index contributed by atoms with van der Waals surface area (Å²) in [6.45, 7) is 4.23. The fourth-order valence-corrected chi connectivity index (χ4v) is 4.93. The zero-order chi connectivity index (χ0) is 24.4. The summed E-state index contributed by atoms with van der Waals surface area (Å²) < 4.78 is 40.9. The number of aliphatic hydroxyl groups is 1. The van der Waals surface area contributed by atoms with Gasteiger partial charge in [0.05, 0.1) is 23.1 Å². The zero-order valence-corrected chi connectivity index (χ0v) is 18.8. The number of benzene rings is 1. The van der Waals surface area contributed by atoms with E-state index in [1.807, 2.05) is 4.90 Å². The predicted octanol–water partition coefficient (Wildman–Crippen LogP) is 4.20. The number of rotatable bonds is 5. The highest BCUT2D eigenvalue weighted by Crippen LogP contribution is 2.39. The Kier molecular flexibility index (Phi) is 5.31. The first-order valence-corrected chi connectivity index (χ1v) is 11.3. The van der Waals surface area contributed by atoms with E-state index in [9.17, 15) is 28.2 Å². The number of phenolic OH excluding ortho intramolecular Hbond substituents is 1. The van der Waals surface area contributed by atoms with Gasteiger partial charge in [-0.15, -0.1) is 0 Å². The molecule has 1 saturated heterocycles. The number of aromatic hydroxyl groups is 1. The number of aryl methyl sites for hydroxylation is 1. The molecule has 2 fully saturated rings. The Labute approximate surface area is 193 Å². The van der Waals surface area contributed by atoms with Crippen molar-refractivity contribution in [2.45, 2.75) is 58.0 Å². The van der Waals surface area contributed by atoms with E-state index in [0.717, 1.165) is 18.9 Å². The lowest BCUT2D eigenvalue weighted by Gasteiger charge is -2.16. The molecule has 10 heteroatoms. The van der Waals surface area contributed by atoms with Gasteiger partial charge in [-0.2, -0.15) is 18.3 Å². The molecule has 1 saturated carbocycles. The van der Waals surface area contributed by atoms with Crippen molar-refractivity contribution in [1.82, 2.24) is 19.7 Å². The average molecular weight is 474 g/mol. The molecular weight excluding hydrogens is 449 g/mol. The number of nitrogens with zero attached hydrogens (tertiary/aromatic N) is 4. The number of aliphatic hydroxyl groups excluding tert-OH is 1. The van der Waals surface area contributed by atoms with E-state index in [-0.39, 0.29) is 28.6 Å². The molecule has 180 valence electrons. The number of alkyl halides is 3. The van der Waals surface area contributed by atoms with Crippen LogP contribution in [0.5, 0.6) is 5.75 Å². The van der Waals surface area contributed by atoms with Gasteiger partial charge in [-0.3, -0.25) is 9.48 Å². The Bertz CT molecular complexity index is 1260. The molecular formula is C24H25F3N4O3. The average Bonchev–Trinajstić information content (AvgIpc) is 3.41. The summed E-state index contributed by atoms with van der Waals surface area (Å²) in [6, 6.07) is 5.33. The van der Waals surface area contributed by atoms with Gasteiger partial charge < -0.3 is 15.1 Å². The Morgan fingerprint density at radius 2 is 1.97 bits per heavy atom. The summed E-state index contributed by atoms with van der Waals surface area (Å²) in [4.78, 5) is 18.8. The number of carbonyl (C=O) groups is 1. The lowest BCUT2D eigenvalue weighted by atomic mass is 10.00. The van der Waals surface area contributed by atoms with Gasteiger partial charge in [-0.25, -0.2) is 4.98 Å². The third-order valence-corrected chi connectivity index (χ3v) is 6.60. The number of carbonyl (C=O) groups excluding carboxylic acids is 1. The number of fused-ring (bicyclic) bond motifs is 1. The highest BCUT2D eigenvalue weighted by molar-refractivity contribution is 5.83. The standard InChI is InChI=1S/C24H25F3N4O3/c1-12-7-15(24(25,26)27)9-19(33)21(12)18-6-5-17-22(13(2)32)31(29-23(17)28-18)11-14-8-20(34)30(10-14)16-3-4-16/h5-7,9,13-14,16,32-33H,3-4,8,10-11H2,1-2H3/t13-,14-/m0/s1. The molecule has 0 unspecified atom stereocenters. The van der Waals surface area contributed by atoms with E-state index in [0.29, 0.717) is 48.3 Å². The van der Waals surface area contributed by atoms with Gasteiger partial charge in [-0.05, 0) is 56.5 Å². The lowest BCUT2D eigenvalue weighted by Crippen LogP contribution is -2.28. The number of hydrogen-bond acceptors (Lipinski definition) is 5. The van der Waals surface area contributed by atoms with Crippen LogP contribution >= 0.6 is 0 Å². The molecule has 1 aliphatic heterocycles. The molecule has 0 bridgehead atoms. The Balaban J connectivity index is 1.50. The van der Waals surface area contributed by atoms with Gasteiger partial charge in [-0.1, -0.05) is 0 Å². The monoisotopic (exact) mass is 474 g/mol. The normalized spacial score (nSPS) is 19.9. The summed E-state index contributed by atoms with van der Waals surface area (Å²) in [5.41, 5.74) is 0.673. The van der Waals surface area contributed by atoms with Crippen molar-refractivity contribution >= 4 is 16.9 Å². The molecule has 1 aromatic carbocycles. The SMILES string of the molecule is Cc1cc(C(F)(F)F)cc(O)c1-c1ccc2c([C@H](C)O)n(C[C@H]3CC(=O)N(C4CC4)C3)nc2n1. The maximum Gasteiger partial charge on any atom is 0.416 e. The first-order chi connectivity index (χ1) is 16.0. The molecule has 34 heavy (non-hydrogen) atoms. The van der Waals surface area contributed by atoms with Crippen molar-refractivity contribution in [1.29, 1.82) is 0 Å². The van der Waals surface area contributed by atoms with Crippen molar-refractivity contribution in [3.8, 4) is 17.0 Å². The molecule has 2 N–H and O–H groups in total. The summed E-state index contributed by atoms with van der Waals surface area (Å²) >= 11 is 0. The van der Waals surface area contributed by atoms with E-state index in [2.05, 4.69) is 10.1 Å². The van der Waals surface area contributed by atoms with E-state index in [1.54, 1.807) is 23.7 Å². The molecule has 5 rings (SSSR count). The molecule has 0 radical (unpaired) electrons. The quantitative estimate of drug-likeness (QED) is 0.579. The largest absolute Gasteiger partial charge is 0.507 e. The third kappa shape index (κ3) is 4.00. The second-order valence-corrected chi connectivity index (χ2v) is 9.34. The second-order valence-electron chi connectivity index (χ2n) is 9.34. The lowest BCUT2D eigenvalue weighted by molar-refractivity contribution is -0.137. The molecule has 0 spiro atoms. The van der Waals surface area contributed by atoms with Gasteiger partial charge >= 0.3 is 6.18 Å². The topological polar surface area (TPSA) is 91.5 Å². The molecule has 1 amide bonds. The molecule has 1 aliphatic carbocycles. The third-order valence-electron chi connectivity index (χ3n) is 6.60. The van der Waals surface area contributed by atoms with Crippen molar-refractivity contribution in [2.24, 2.45) is 5.92 Å². The van der Waals surface area contributed by atoms with Crippen LogP contribution in [0.15, 0.2) is 24.3 Å². The van der Waals surface area contributed by atoms with Gasteiger partial charge in [0.15, 0.2) is 5.65 Å². The maximum absolute atomic E-state index is 13.1. The fourth-order valence-electron chi connectivity index (χ4n) is 4.93. The minimum absolute atomic E-state index is 0.0700. The smallest absolute Gasteiger partial charge is 0.416 e. The Hall–Kier alpha value is -3.14. The van der Waals surface area contributed by atoms with Crippen molar-refractivity contribution in [2.75, 3.05) is 6.54 Å². The number of phenols is 1. The van der Waals surface area contributed by atoms with Crippen LogP contribution in [0.25, 0.3) is 22.3 Å². The van der Waals surface area contributed by atoms with Gasteiger partial charge in [0, 0.05) is 42.4 Å². The summed E-state index contributed by atoms with van der Waals surface area (Å²) in [5.74, 6) is -0.295. The van der Waals surface area contributed by atoms with Gasteiger partial charge in [0.1, 0.15) is 5.75 Å². The Morgan fingerprint density at radius 1 is 1.24 bits per heavy atom. The number of aromatic nitrogens is 3. The minimum atomic E-state index is -4.57. The van der Waals surface area contributed by atoms with E-state index in [1.165, 1.54) is 6.92 Å². The predicted molar refractivity (Wildman–Crippen MR) is 118 cm³/mol. The van der Waals surface area contributed by atoms with Crippen LogP contribution in [-0.4, -0.2) is 48.4 Å². The zero-order valence-electron chi connectivity index (χ0n) is 18.8. The molecule has 3 heterocycles. The highest BCUT2D eigenvalue weighted by Gasteiger charge is 2.39. The second kappa shape index (κ2) is 7.97. The van der Waals surface area contributed by atoms with Gasteiger partial charge in [0.25, 0.3) is 0 Å². The highest BCUT2D eigenvalue weighted by atomic mass is 19.4. The van der Waals surface area contributed by atoms with Crippen molar-refractivity contribution in [3.05, 3.63) is 41.1 Å². The van der Waals surface area contributed by atoms with Crippen molar-refractivity contribution in [3.63, 3.8) is 0 Å². The van der Waals surface area contributed by atoms with Crippen LogP contribution < -0.4 is 0 Å². The summed E-state index contributed by atoms with van der Waals surface area (Å²) in [7, 11) is 0. The first kappa shape index (κ1) is 22.6. The van der Waals surface area contributed by atoms with Crippen LogP contribution in [0.3, 0.4) is 0 Å². The molecule has 3 aromatic rings. The van der Waals surface area contributed by atoms with Crippen LogP contribution in [-0.2, 0) is 17.5 Å². The van der Waals surface area contributed by atoms with Crippen molar-refractivity contribution < 1.29 is 28.2 Å². The van der Waals surface area contributed by atoms with Crippen LogP contribution in [0, 0.1) is 12.8 Å².